The Bertz CT molecular complexity index is 810. The van der Waals surface area contributed by atoms with Crippen LogP contribution in [0.1, 0.15) is 40.1 Å². The minimum Gasteiger partial charge on any atom is -0.321 e. The third-order valence-electron chi connectivity index (χ3n) is 2.93. The van der Waals surface area contributed by atoms with E-state index in [0.29, 0.717) is 16.3 Å². The highest BCUT2D eigenvalue weighted by atomic mass is 32.2. The van der Waals surface area contributed by atoms with E-state index in [0.717, 1.165) is 5.01 Å². The lowest BCUT2D eigenvalue weighted by Gasteiger charge is -2.05. The molecule has 0 atom stereocenters. The zero-order valence-corrected chi connectivity index (χ0v) is 14.1. The van der Waals surface area contributed by atoms with Crippen molar-refractivity contribution in [3.8, 4) is 0 Å². The van der Waals surface area contributed by atoms with Gasteiger partial charge in [-0.15, -0.1) is 11.3 Å². The lowest BCUT2D eigenvalue weighted by Crippen LogP contribution is -2.14. The molecule has 1 amide bonds. The standard InChI is InChI=1S/C14H17N3O3S2/c1-8(2)14-16-9(3)12(21-14)13(18)17-10-5-4-6-11(7-10)22(15,19)20/h4-8H,1-3H3,(H,17,18)(H2,15,19,20). The first-order valence-electron chi connectivity index (χ1n) is 6.60. The van der Waals surface area contributed by atoms with Crippen LogP contribution in [0, 0.1) is 6.92 Å². The van der Waals surface area contributed by atoms with Gasteiger partial charge in [0.15, 0.2) is 0 Å². The van der Waals surface area contributed by atoms with Gasteiger partial charge >= 0.3 is 0 Å². The summed E-state index contributed by atoms with van der Waals surface area (Å²) in [5.74, 6) is -0.0653. The van der Waals surface area contributed by atoms with Gasteiger partial charge in [-0.25, -0.2) is 18.5 Å². The predicted octanol–water partition coefficient (Wildman–Crippen LogP) is 2.47. The summed E-state index contributed by atoms with van der Waals surface area (Å²) < 4.78 is 22.7. The lowest BCUT2D eigenvalue weighted by atomic mass is 10.2. The fourth-order valence-electron chi connectivity index (χ4n) is 1.81. The summed E-state index contributed by atoms with van der Waals surface area (Å²) in [6.07, 6.45) is 0. The molecule has 2 aromatic rings. The number of carbonyl (C=O) groups is 1. The molecule has 0 radical (unpaired) electrons. The molecule has 1 aromatic heterocycles. The van der Waals surface area contributed by atoms with E-state index in [-0.39, 0.29) is 16.7 Å². The molecule has 2 rings (SSSR count). The summed E-state index contributed by atoms with van der Waals surface area (Å²) in [6, 6.07) is 5.83. The van der Waals surface area contributed by atoms with E-state index in [1.807, 2.05) is 13.8 Å². The van der Waals surface area contributed by atoms with Gasteiger partial charge in [-0.2, -0.15) is 0 Å². The van der Waals surface area contributed by atoms with Crippen molar-refractivity contribution in [3.05, 3.63) is 39.8 Å². The number of anilines is 1. The number of amides is 1. The molecule has 3 N–H and O–H groups in total. The third-order valence-corrected chi connectivity index (χ3v) is 5.30. The zero-order valence-electron chi connectivity index (χ0n) is 12.5. The van der Waals surface area contributed by atoms with Crippen molar-refractivity contribution in [2.75, 3.05) is 5.32 Å². The number of aromatic nitrogens is 1. The monoisotopic (exact) mass is 339 g/mol. The van der Waals surface area contributed by atoms with Gasteiger partial charge in [0.2, 0.25) is 10.0 Å². The van der Waals surface area contributed by atoms with Gasteiger partial charge in [0.1, 0.15) is 4.88 Å². The van der Waals surface area contributed by atoms with Crippen LogP contribution in [0.25, 0.3) is 0 Å². The van der Waals surface area contributed by atoms with E-state index >= 15 is 0 Å². The Balaban J connectivity index is 2.26. The minimum absolute atomic E-state index is 0.0470. The maximum absolute atomic E-state index is 12.3. The summed E-state index contributed by atoms with van der Waals surface area (Å²) >= 11 is 1.34. The van der Waals surface area contributed by atoms with Crippen LogP contribution in [0.3, 0.4) is 0 Å². The van der Waals surface area contributed by atoms with Gasteiger partial charge < -0.3 is 5.32 Å². The van der Waals surface area contributed by atoms with Gasteiger partial charge in [-0.3, -0.25) is 4.79 Å². The van der Waals surface area contributed by atoms with E-state index in [9.17, 15) is 13.2 Å². The number of nitrogens with zero attached hydrogens (tertiary/aromatic N) is 1. The first kappa shape index (κ1) is 16.6. The molecule has 118 valence electrons. The fourth-order valence-corrected chi connectivity index (χ4v) is 3.34. The number of rotatable bonds is 4. The maximum Gasteiger partial charge on any atom is 0.267 e. The van der Waals surface area contributed by atoms with E-state index in [1.54, 1.807) is 13.0 Å². The lowest BCUT2D eigenvalue weighted by molar-refractivity contribution is 0.102. The van der Waals surface area contributed by atoms with Crippen LogP contribution in [-0.4, -0.2) is 19.3 Å². The van der Waals surface area contributed by atoms with Crippen LogP contribution in [0.15, 0.2) is 29.2 Å². The Morgan fingerprint density at radius 3 is 2.59 bits per heavy atom. The number of aryl methyl sites for hydroxylation is 1. The van der Waals surface area contributed by atoms with Crippen molar-refractivity contribution in [1.29, 1.82) is 0 Å². The third kappa shape index (κ3) is 3.70. The first-order chi connectivity index (χ1) is 10.2. The highest BCUT2D eigenvalue weighted by Gasteiger charge is 2.17. The van der Waals surface area contributed by atoms with E-state index in [2.05, 4.69) is 10.3 Å². The molecule has 8 heteroatoms. The van der Waals surface area contributed by atoms with Crippen LogP contribution in [0.2, 0.25) is 0 Å². The van der Waals surface area contributed by atoms with E-state index < -0.39 is 10.0 Å². The number of hydrogen-bond acceptors (Lipinski definition) is 5. The molecule has 0 bridgehead atoms. The average molecular weight is 339 g/mol. The predicted molar refractivity (Wildman–Crippen MR) is 86.7 cm³/mol. The molecule has 0 aliphatic heterocycles. The first-order valence-corrected chi connectivity index (χ1v) is 8.96. The van der Waals surface area contributed by atoms with Crippen LogP contribution in [-0.2, 0) is 10.0 Å². The molecule has 0 unspecified atom stereocenters. The van der Waals surface area contributed by atoms with E-state index in [1.165, 1.54) is 29.5 Å². The van der Waals surface area contributed by atoms with Crippen molar-refractivity contribution in [3.63, 3.8) is 0 Å². The molecule has 0 saturated heterocycles. The van der Waals surface area contributed by atoms with E-state index in [4.69, 9.17) is 5.14 Å². The Labute approximate surface area is 133 Å². The normalized spacial score (nSPS) is 11.7. The highest BCUT2D eigenvalue weighted by molar-refractivity contribution is 7.89. The molecule has 0 aliphatic rings. The molecule has 0 saturated carbocycles. The number of thiazole rings is 1. The van der Waals surface area contributed by atoms with Crippen LogP contribution < -0.4 is 10.5 Å². The topological polar surface area (TPSA) is 102 Å². The van der Waals surface area contributed by atoms with Crippen molar-refractivity contribution >= 4 is 33.0 Å². The second-order valence-electron chi connectivity index (χ2n) is 5.15. The summed E-state index contributed by atoms with van der Waals surface area (Å²) in [6.45, 7) is 5.79. The number of hydrogen-bond donors (Lipinski definition) is 2. The molecular weight excluding hydrogens is 322 g/mol. The second kappa shape index (κ2) is 6.15. The van der Waals surface area contributed by atoms with Gasteiger partial charge in [0, 0.05) is 11.6 Å². The summed E-state index contributed by atoms with van der Waals surface area (Å²) in [5.41, 5.74) is 1.03. The molecule has 0 spiro atoms. The molecule has 22 heavy (non-hydrogen) atoms. The number of carbonyl (C=O) groups excluding carboxylic acids is 1. The van der Waals surface area contributed by atoms with Crippen LogP contribution in [0.5, 0.6) is 0 Å². The van der Waals surface area contributed by atoms with Crippen molar-refractivity contribution < 1.29 is 13.2 Å². The minimum atomic E-state index is -3.80. The summed E-state index contributed by atoms with van der Waals surface area (Å²) in [5, 5.41) is 8.64. The number of sulfonamides is 1. The molecule has 6 nitrogen and oxygen atoms in total. The van der Waals surface area contributed by atoms with Gasteiger partial charge in [0.25, 0.3) is 5.91 Å². The molecule has 1 aromatic carbocycles. The smallest absolute Gasteiger partial charge is 0.267 e. The Morgan fingerprint density at radius 1 is 1.36 bits per heavy atom. The van der Waals surface area contributed by atoms with Crippen molar-refractivity contribution in [2.24, 2.45) is 5.14 Å². The molecule has 0 fully saturated rings. The molecule has 1 heterocycles. The number of nitrogens with two attached hydrogens (primary N) is 1. The largest absolute Gasteiger partial charge is 0.321 e. The summed E-state index contributed by atoms with van der Waals surface area (Å²) in [4.78, 5) is 17.2. The zero-order chi connectivity index (χ0) is 16.5. The maximum atomic E-state index is 12.3. The Kier molecular flexibility index (Phi) is 4.64. The molecule has 0 aliphatic carbocycles. The van der Waals surface area contributed by atoms with Gasteiger partial charge in [0.05, 0.1) is 15.6 Å². The average Bonchev–Trinajstić information content (AvgIpc) is 2.80. The number of nitrogens with one attached hydrogen (secondary N) is 1. The van der Waals surface area contributed by atoms with Gasteiger partial charge in [-0.1, -0.05) is 19.9 Å². The second-order valence-corrected chi connectivity index (χ2v) is 7.74. The summed E-state index contributed by atoms with van der Waals surface area (Å²) in [7, 11) is -3.80. The van der Waals surface area contributed by atoms with Crippen LogP contribution in [0.4, 0.5) is 5.69 Å². The Morgan fingerprint density at radius 2 is 2.05 bits per heavy atom. The molecular formula is C14H17N3O3S2. The van der Waals surface area contributed by atoms with Crippen molar-refractivity contribution in [2.45, 2.75) is 31.6 Å². The number of primary sulfonamides is 1. The highest BCUT2D eigenvalue weighted by Crippen LogP contribution is 2.25. The van der Waals surface area contributed by atoms with Crippen molar-refractivity contribution in [1.82, 2.24) is 4.98 Å². The Hall–Kier alpha value is -1.77. The van der Waals surface area contributed by atoms with Gasteiger partial charge in [-0.05, 0) is 25.1 Å². The fraction of sp³-hybridized carbons (Fsp3) is 0.286. The quantitative estimate of drug-likeness (QED) is 0.893. The number of benzene rings is 1. The van der Waals surface area contributed by atoms with Crippen LogP contribution >= 0.6 is 11.3 Å². The SMILES string of the molecule is Cc1nc(C(C)C)sc1C(=O)Nc1cccc(S(N)(=O)=O)c1.